The van der Waals surface area contributed by atoms with Gasteiger partial charge in [0.1, 0.15) is 0 Å². The smallest absolute Gasteiger partial charge is 0.0620 e. The van der Waals surface area contributed by atoms with Crippen molar-refractivity contribution in [3.8, 4) is 0 Å². The SMILES string of the molecule is CCC1CCN(C(COC)C(C)C)CCC(C)N1. The summed E-state index contributed by atoms with van der Waals surface area (Å²) in [6, 6.07) is 1.88. The summed E-state index contributed by atoms with van der Waals surface area (Å²) in [6.45, 7) is 12.5. The van der Waals surface area contributed by atoms with Gasteiger partial charge < -0.3 is 10.1 Å². The van der Waals surface area contributed by atoms with Gasteiger partial charge in [-0.3, -0.25) is 4.90 Å². The van der Waals surface area contributed by atoms with E-state index in [2.05, 4.69) is 37.9 Å². The van der Waals surface area contributed by atoms with E-state index in [-0.39, 0.29) is 0 Å². The molecule has 0 amide bonds. The molecular weight excluding hydrogens is 224 g/mol. The van der Waals surface area contributed by atoms with Gasteiger partial charge in [-0.15, -0.1) is 0 Å². The Morgan fingerprint density at radius 2 is 1.94 bits per heavy atom. The molecule has 0 spiro atoms. The summed E-state index contributed by atoms with van der Waals surface area (Å²) >= 11 is 0. The van der Waals surface area contributed by atoms with Crippen LogP contribution >= 0.6 is 0 Å². The fourth-order valence-corrected chi connectivity index (χ4v) is 2.91. The summed E-state index contributed by atoms with van der Waals surface area (Å²) < 4.78 is 5.41. The highest BCUT2D eigenvalue weighted by Gasteiger charge is 2.25. The summed E-state index contributed by atoms with van der Waals surface area (Å²) in [4.78, 5) is 2.65. The fourth-order valence-electron chi connectivity index (χ4n) is 2.91. The van der Waals surface area contributed by atoms with Crippen molar-refractivity contribution in [1.29, 1.82) is 0 Å². The zero-order valence-corrected chi connectivity index (χ0v) is 12.9. The maximum Gasteiger partial charge on any atom is 0.0620 e. The molecule has 1 N–H and O–H groups in total. The Balaban J connectivity index is 2.62. The number of nitrogens with one attached hydrogen (secondary N) is 1. The molecule has 0 aromatic carbocycles. The van der Waals surface area contributed by atoms with Crippen molar-refractivity contribution in [1.82, 2.24) is 10.2 Å². The third-order valence-corrected chi connectivity index (χ3v) is 4.20. The Morgan fingerprint density at radius 1 is 1.28 bits per heavy atom. The molecule has 0 saturated carbocycles. The van der Waals surface area contributed by atoms with Gasteiger partial charge >= 0.3 is 0 Å². The van der Waals surface area contributed by atoms with E-state index in [0.29, 0.717) is 24.0 Å². The molecule has 0 aromatic rings. The first-order valence-corrected chi connectivity index (χ1v) is 7.57. The van der Waals surface area contributed by atoms with Crippen molar-refractivity contribution < 1.29 is 4.74 Å². The first kappa shape index (κ1) is 15.9. The quantitative estimate of drug-likeness (QED) is 0.818. The van der Waals surface area contributed by atoms with Crippen molar-refractivity contribution in [2.75, 3.05) is 26.8 Å². The number of methoxy groups -OCH3 is 1. The fraction of sp³-hybridized carbons (Fsp3) is 1.00. The lowest BCUT2D eigenvalue weighted by Gasteiger charge is -2.38. The second-order valence-electron chi connectivity index (χ2n) is 6.05. The molecule has 0 aromatic heterocycles. The molecule has 3 nitrogen and oxygen atoms in total. The second kappa shape index (κ2) is 8.13. The molecule has 1 rings (SSSR count). The minimum atomic E-state index is 0.567. The standard InChI is InChI=1S/C15H32N2O/c1-6-14-8-10-17(9-7-13(4)16-14)15(11-18-5)12(2)3/h12-16H,6-11H2,1-5H3. The first-order chi connectivity index (χ1) is 8.58. The molecule has 0 bridgehead atoms. The molecule has 3 unspecified atom stereocenters. The normalized spacial score (nSPS) is 29.0. The summed E-state index contributed by atoms with van der Waals surface area (Å²) in [5.41, 5.74) is 0. The molecule has 18 heavy (non-hydrogen) atoms. The maximum absolute atomic E-state index is 5.41. The van der Waals surface area contributed by atoms with Crippen LogP contribution in [-0.4, -0.2) is 49.8 Å². The molecule has 1 aliphatic rings. The predicted molar refractivity (Wildman–Crippen MR) is 78.0 cm³/mol. The zero-order chi connectivity index (χ0) is 13.5. The van der Waals surface area contributed by atoms with Gasteiger partial charge in [0.05, 0.1) is 6.61 Å². The van der Waals surface area contributed by atoms with Gasteiger partial charge in [0.15, 0.2) is 0 Å². The van der Waals surface area contributed by atoms with Crippen LogP contribution in [0.4, 0.5) is 0 Å². The highest BCUT2D eigenvalue weighted by molar-refractivity contribution is 4.82. The predicted octanol–water partition coefficient (Wildman–Crippen LogP) is 2.51. The Bertz CT molecular complexity index is 221. The maximum atomic E-state index is 5.41. The Kier molecular flexibility index (Phi) is 7.20. The van der Waals surface area contributed by atoms with Gasteiger partial charge in [0.25, 0.3) is 0 Å². The van der Waals surface area contributed by atoms with Gasteiger partial charge in [-0.25, -0.2) is 0 Å². The number of ether oxygens (including phenoxy) is 1. The number of rotatable bonds is 5. The minimum absolute atomic E-state index is 0.567. The monoisotopic (exact) mass is 256 g/mol. The zero-order valence-electron chi connectivity index (χ0n) is 12.9. The number of hydrogen-bond acceptors (Lipinski definition) is 3. The van der Waals surface area contributed by atoms with E-state index in [1.807, 2.05) is 7.11 Å². The van der Waals surface area contributed by atoms with E-state index in [4.69, 9.17) is 4.74 Å². The number of hydrogen-bond donors (Lipinski definition) is 1. The molecule has 1 saturated heterocycles. The highest BCUT2D eigenvalue weighted by Crippen LogP contribution is 2.16. The van der Waals surface area contributed by atoms with Crippen molar-refractivity contribution in [3.63, 3.8) is 0 Å². The molecule has 3 atom stereocenters. The number of nitrogens with zero attached hydrogens (tertiary/aromatic N) is 1. The van der Waals surface area contributed by atoms with E-state index >= 15 is 0 Å². The second-order valence-corrected chi connectivity index (χ2v) is 6.05. The Morgan fingerprint density at radius 3 is 2.50 bits per heavy atom. The molecule has 1 aliphatic heterocycles. The lowest BCUT2D eigenvalue weighted by Crippen LogP contribution is -2.49. The van der Waals surface area contributed by atoms with Gasteiger partial charge in [-0.1, -0.05) is 20.8 Å². The van der Waals surface area contributed by atoms with E-state index in [1.54, 1.807) is 0 Å². The van der Waals surface area contributed by atoms with Crippen LogP contribution < -0.4 is 5.32 Å². The third kappa shape index (κ3) is 4.87. The van der Waals surface area contributed by atoms with Crippen LogP contribution in [0.5, 0.6) is 0 Å². The van der Waals surface area contributed by atoms with Crippen molar-refractivity contribution in [2.45, 2.75) is 65.1 Å². The van der Waals surface area contributed by atoms with Gasteiger partial charge in [-0.2, -0.15) is 0 Å². The van der Waals surface area contributed by atoms with Crippen LogP contribution in [-0.2, 0) is 4.74 Å². The average molecular weight is 256 g/mol. The summed E-state index contributed by atoms with van der Waals surface area (Å²) in [5, 5.41) is 3.73. The molecule has 0 aliphatic carbocycles. The Labute approximate surface area is 113 Å². The molecule has 1 heterocycles. The summed E-state index contributed by atoms with van der Waals surface area (Å²) in [7, 11) is 1.82. The summed E-state index contributed by atoms with van der Waals surface area (Å²) in [6.07, 6.45) is 3.73. The van der Waals surface area contributed by atoms with E-state index in [9.17, 15) is 0 Å². The van der Waals surface area contributed by atoms with Gasteiger partial charge in [0, 0.05) is 38.3 Å². The van der Waals surface area contributed by atoms with Crippen molar-refractivity contribution in [2.24, 2.45) is 5.92 Å². The molecule has 0 radical (unpaired) electrons. The van der Waals surface area contributed by atoms with Gasteiger partial charge in [-0.05, 0) is 32.1 Å². The van der Waals surface area contributed by atoms with Gasteiger partial charge in [0.2, 0.25) is 0 Å². The van der Waals surface area contributed by atoms with E-state index in [0.717, 1.165) is 6.61 Å². The van der Waals surface area contributed by atoms with Crippen LogP contribution in [0, 0.1) is 5.92 Å². The van der Waals surface area contributed by atoms with Crippen molar-refractivity contribution >= 4 is 0 Å². The molecule has 1 fully saturated rings. The molecule has 108 valence electrons. The molecular formula is C15H32N2O. The third-order valence-electron chi connectivity index (χ3n) is 4.20. The van der Waals surface area contributed by atoms with Crippen LogP contribution in [0.15, 0.2) is 0 Å². The van der Waals surface area contributed by atoms with Crippen LogP contribution in [0.3, 0.4) is 0 Å². The largest absolute Gasteiger partial charge is 0.383 e. The highest BCUT2D eigenvalue weighted by atomic mass is 16.5. The Hall–Kier alpha value is -0.120. The molecule has 3 heteroatoms. The lowest BCUT2D eigenvalue weighted by atomic mass is 9.99. The average Bonchev–Trinajstić information content (AvgIpc) is 2.32. The summed E-state index contributed by atoms with van der Waals surface area (Å²) in [5.74, 6) is 0.660. The first-order valence-electron chi connectivity index (χ1n) is 7.57. The topological polar surface area (TPSA) is 24.5 Å². The lowest BCUT2D eigenvalue weighted by molar-refractivity contribution is 0.0539. The van der Waals surface area contributed by atoms with Crippen molar-refractivity contribution in [3.05, 3.63) is 0 Å². The minimum Gasteiger partial charge on any atom is -0.383 e. The van der Waals surface area contributed by atoms with E-state index in [1.165, 1.54) is 32.4 Å². The van der Waals surface area contributed by atoms with E-state index < -0.39 is 0 Å². The van der Waals surface area contributed by atoms with Crippen LogP contribution in [0.2, 0.25) is 0 Å². The van der Waals surface area contributed by atoms with Crippen LogP contribution in [0.25, 0.3) is 0 Å². The van der Waals surface area contributed by atoms with Crippen LogP contribution in [0.1, 0.15) is 47.0 Å².